The van der Waals surface area contributed by atoms with Crippen molar-refractivity contribution < 1.29 is 49.1 Å². The normalized spacial score (nSPS) is 12.5. The summed E-state index contributed by atoms with van der Waals surface area (Å²) in [7, 11) is 0. The molecule has 0 saturated heterocycles. The van der Waals surface area contributed by atoms with Crippen molar-refractivity contribution in [2.45, 2.75) is 18.5 Å². The molecule has 5 nitrogen and oxygen atoms in total. The summed E-state index contributed by atoms with van der Waals surface area (Å²) in [5.74, 6) is -1.29. The van der Waals surface area contributed by atoms with Gasteiger partial charge >= 0.3 is 24.6 Å². The van der Waals surface area contributed by atoms with Gasteiger partial charge in [0.05, 0.1) is 17.7 Å². The van der Waals surface area contributed by atoms with E-state index in [4.69, 9.17) is 0 Å². The van der Waals surface area contributed by atoms with E-state index in [1.165, 1.54) is 10.6 Å². The number of hydrogen-bond donors (Lipinski definition) is 3. The number of carbonyl (C=O) groups excluding carboxylic acids is 2. The van der Waals surface area contributed by atoms with E-state index in [1.54, 1.807) is 0 Å². The van der Waals surface area contributed by atoms with Crippen LogP contribution in [0.3, 0.4) is 0 Å². The summed E-state index contributed by atoms with van der Waals surface area (Å²) in [6.07, 6.45) is -14.9. The number of rotatable bonds is 4. The van der Waals surface area contributed by atoms with Crippen LogP contribution in [0.25, 0.3) is 0 Å². The molecule has 14 heteroatoms. The van der Waals surface area contributed by atoms with E-state index >= 15 is 0 Å². The molecule has 152 valence electrons. The highest BCUT2D eigenvalue weighted by molar-refractivity contribution is 5.96. The molecule has 0 aliphatic rings. The van der Waals surface area contributed by atoms with Gasteiger partial charge in [0.1, 0.15) is 6.54 Å². The Bertz CT molecular complexity index is 663. The molecule has 27 heavy (non-hydrogen) atoms. The topological polar surface area (TPSA) is 70.2 Å². The third-order valence-electron chi connectivity index (χ3n) is 2.74. The molecule has 0 aromatic heterocycles. The summed E-state index contributed by atoms with van der Waals surface area (Å²) in [6, 6.07) is -1.08. The molecule has 3 amide bonds. The van der Waals surface area contributed by atoms with E-state index in [1.807, 2.05) is 5.32 Å². The predicted octanol–water partition coefficient (Wildman–Crippen LogP) is 3.52. The molecule has 3 N–H and O–H groups in total. The maximum atomic E-state index is 12.7. The number of carbonyl (C=O) groups is 2. The number of benzene rings is 1. The van der Waals surface area contributed by atoms with Crippen LogP contribution in [0.15, 0.2) is 18.2 Å². The first-order valence-electron chi connectivity index (χ1n) is 6.76. The number of alkyl halides is 9. The van der Waals surface area contributed by atoms with Crippen molar-refractivity contribution in [1.29, 1.82) is 0 Å². The Morgan fingerprint density at radius 3 is 1.70 bits per heavy atom. The van der Waals surface area contributed by atoms with Crippen molar-refractivity contribution in [3.05, 3.63) is 29.3 Å². The third kappa shape index (κ3) is 8.04. The number of urea groups is 1. The minimum atomic E-state index is -5.10. The van der Waals surface area contributed by atoms with E-state index in [2.05, 4.69) is 0 Å². The molecule has 1 rings (SSSR count). The standard InChI is InChI=1S/C13H10F9N3O2/c14-11(15,16)5-24-10(27)25-9(26)4-23-8-2-6(12(17,18)19)1-7(3-8)13(20,21)22/h1-3,23H,4-5H2,(H2,24,25,26,27). The summed E-state index contributed by atoms with van der Waals surface area (Å²) in [6.45, 7) is -2.72. The van der Waals surface area contributed by atoms with Gasteiger partial charge in [0.2, 0.25) is 5.91 Å². The van der Waals surface area contributed by atoms with Crippen LogP contribution in [0.5, 0.6) is 0 Å². The van der Waals surface area contributed by atoms with Crippen LogP contribution >= 0.6 is 0 Å². The number of amides is 3. The SMILES string of the molecule is O=C(CNc1cc(C(F)(F)F)cc(C(F)(F)F)c1)NC(=O)NCC(F)(F)F. The summed E-state index contributed by atoms with van der Waals surface area (Å²) in [4.78, 5) is 22.4. The fourth-order valence-corrected chi connectivity index (χ4v) is 1.63. The van der Waals surface area contributed by atoms with Crippen LogP contribution in [-0.2, 0) is 17.1 Å². The highest BCUT2D eigenvalue weighted by Gasteiger charge is 2.37. The second-order valence-corrected chi connectivity index (χ2v) is 4.99. The van der Waals surface area contributed by atoms with Gasteiger partial charge in [0.15, 0.2) is 0 Å². The van der Waals surface area contributed by atoms with Crippen LogP contribution < -0.4 is 16.0 Å². The number of anilines is 1. The van der Waals surface area contributed by atoms with Gasteiger partial charge < -0.3 is 10.6 Å². The van der Waals surface area contributed by atoms with Crippen molar-refractivity contribution in [3.8, 4) is 0 Å². The molecule has 1 aromatic rings. The second-order valence-electron chi connectivity index (χ2n) is 4.99. The van der Waals surface area contributed by atoms with Gasteiger partial charge in [-0.05, 0) is 18.2 Å². The van der Waals surface area contributed by atoms with Crippen LogP contribution in [0, 0.1) is 0 Å². The summed E-state index contributed by atoms with van der Waals surface area (Å²) >= 11 is 0. The molecule has 0 aliphatic carbocycles. The van der Waals surface area contributed by atoms with Gasteiger partial charge in [-0.25, -0.2) is 4.79 Å². The number of nitrogens with one attached hydrogen (secondary N) is 3. The number of imide groups is 1. The lowest BCUT2D eigenvalue weighted by Gasteiger charge is -2.15. The lowest BCUT2D eigenvalue weighted by Crippen LogP contribution is -2.45. The van der Waals surface area contributed by atoms with Crippen molar-refractivity contribution in [2.75, 3.05) is 18.4 Å². The highest BCUT2D eigenvalue weighted by Crippen LogP contribution is 2.37. The quantitative estimate of drug-likeness (QED) is 0.665. The van der Waals surface area contributed by atoms with E-state index in [0.29, 0.717) is 12.1 Å². The first kappa shape index (κ1) is 22.4. The maximum absolute atomic E-state index is 12.7. The molecular formula is C13H10F9N3O2. The Morgan fingerprint density at radius 2 is 1.30 bits per heavy atom. The third-order valence-corrected chi connectivity index (χ3v) is 2.74. The molecular weight excluding hydrogens is 401 g/mol. The van der Waals surface area contributed by atoms with Gasteiger partial charge in [-0.1, -0.05) is 0 Å². The fourth-order valence-electron chi connectivity index (χ4n) is 1.63. The first-order valence-corrected chi connectivity index (χ1v) is 6.76. The fraction of sp³-hybridized carbons (Fsp3) is 0.385. The average molecular weight is 411 g/mol. The minimum absolute atomic E-state index is 0.129. The molecule has 0 bridgehead atoms. The maximum Gasteiger partial charge on any atom is 0.416 e. The van der Waals surface area contributed by atoms with Gasteiger partial charge in [-0.15, -0.1) is 0 Å². The first-order chi connectivity index (χ1) is 12.1. The molecule has 0 radical (unpaired) electrons. The van der Waals surface area contributed by atoms with Crippen molar-refractivity contribution in [2.24, 2.45) is 0 Å². The van der Waals surface area contributed by atoms with Crippen molar-refractivity contribution in [3.63, 3.8) is 0 Å². The Labute approximate surface area is 144 Å². The van der Waals surface area contributed by atoms with Gasteiger partial charge in [-0.2, -0.15) is 39.5 Å². The molecule has 0 aliphatic heterocycles. The van der Waals surface area contributed by atoms with E-state index in [-0.39, 0.29) is 6.07 Å². The molecule has 0 fully saturated rings. The largest absolute Gasteiger partial charge is 0.416 e. The highest BCUT2D eigenvalue weighted by atomic mass is 19.4. The zero-order chi connectivity index (χ0) is 21.0. The van der Waals surface area contributed by atoms with Gasteiger partial charge in [0, 0.05) is 5.69 Å². The van der Waals surface area contributed by atoms with Gasteiger partial charge in [-0.3, -0.25) is 10.1 Å². The minimum Gasteiger partial charge on any atom is -0.376 e. The second kappa shape index (κ2) is 7.92. The van der Waals surface area contributed by atoms with Crippen molar-refractivity contribution in [1.82, 2.24) is 10.6 Å². The smallest absolute Gasteiger partial charge is 0.376 e. The van der Waals surface area contributed by atoms with Crippen LogP contribution in [0.4, 0.5) is 50.0 Å². The summed E-state index contributed by atoms with van der Waals surface area (Å²) < 4.78 is 112. The number of hydrogen-bond acceptors (Lipinski definition) is 3. The zero-order valence-electron chi connectivity index (χ0n) is 12.9. The van der Waals surface area contributed by atoms with E-state index in [0.717, 1.165) is 0 Å². The zero-order valence-corrected chi connectivity index (χ0v) is 12.9. The molecule has 0 unspecified atom stereocenters. The lowest BCUT2D eigenvalue weighted by atomic mass is 10.1. The van der Waals surface area contributed by atoms with E-state index in [9.17, 15) is 49.1 Å². The van der Waals surface area contributed by atoms with E-state index < -0.39 is 60.4 Å². The number of halogens is 9. The Kier molecular flexibility index (Phi) is 6.56. The molecule has 0 saturated carbocycles. The molecule has 0 spiro atoms. The summed E-state index contributed by atoms with van der Waals surface area (Å²) in [5.41, 5.74) is -4.01. The summed E-state index contributed by atoms with van der Waals surface area (Å²) in [5, 5.41) is 4.64. The predicted molar refractivity (Wildman–Crippen MR) is 72.5 cm³/mol. The van der Waals surface area contributed by atoms with Crippen LogP contribution in [0.1, 0.15) is 11.1 Å². The Hall–Kier alpha value is -2.67. The average Bonchev–Trinajstić information content (AvgIpc) is 2.48. The van der Waals surface area contributed by atoms with Crippen LogP contribution in [0.2, 0.25) is 0 Å². The molecule has 0 heterocycles. The molecule has 1 aromatic carbocycles. The molecule has 0 atom stereocenters. The van der Waals surface area contributed by atoms with Crippen LogP contribution in [-0.4, -0.2) is 31.2 Å². The van der Waals surface area contributed by atoms with Crippen molar-refractivity contribution >= 4 is 17.6 Å². The van der Waals surface area contributed by atoms with Gasteiger partial charge in [0.25, 0.3) is 0 Å². The lowest BCUT2D eigenvalue weighted by molar-refractivity contribution is -0.143. The Morgan fingerprint density at radius 1 is 0.815 bits per heavy atom. The Balaban J connectivity index is 2.78. The monoisotopic (exact) mass is 411 g/mol.